The van der Waals surface area contributed by atoms with Crippen LogP contribution in [-0.2, 0) is 32.7 Å². The second-order valence-corrected chi connectivity index (χ2v) is 29.6. The smallest absolute Gasteiger partial charge is 0.462 e. The lowest BCUT2D eigenvalue weighted by Gasteiger charge is -2.24. The van der Waals surface area contributed by atoms with Gasteiger partial charge in [0.1, 0.15) is 19.8 Å². The molecule has 0 fully saturated rings. The van der Waals surface area contributed by atoms with Crippen molar-refractivity contribution in [3.05, 3.63) is 36.5 Å². The van der Waals surface area contributed by atoms with E-state index in [1.165, 1.54) is 327 Å². The maximum absolute atomic E-state index is 12.9. The van der Waals surface area contributed by atoms with Crippen molar-refractivity contribution in [3.8, 4) is 0 Å². The van der Waals surface area contributed by atoms with Crippen LogP contribution in [0.1, 0.15) is 406 Å². The quantitative estimate of drug-likeness (QED) is 0.0211. The molecule has 0 saturated heterocycles. The van der Waals surface area contributed by atoms with Crippen molar-refractivity contribution >= 4 is 19.8 Å². The first-order valence-corrected chi connectivity index (χ1v) is 40.7. The van der Waals surface area contributed by atoms with Gasteiger partial charge in [-0.25, -0.2) is 4.57 Å². The van der Waals surface area contributed by atoms with Crippen molar-refractivity contribution < 1.29 is 42.1 Å². The molecule has 0 spiro atoms. The number of quaternary nitrogens is 1. The molecule has 0 aromatic carbocycles. The molecule has 0 aromatic heterocycles. The second kappa shape index (κ2) is 70.5. The Morgan fingerprint density at radius 2 is 0.607 bits per heavy atom. The van der Waals surface area contributed by atoms with Crippen LogP contribution in [0.25, 0.3) is 0 Å². The van der Waals surface area contributed by atoms with Gasteiger partial charge in [0.15, 0.2) is 6.10 Å². The molecule has 10 heteroatoms. The Morgan fingerprint density at radius 3 is 0.899 bits per heavy atom. The number of phosphoric acid groups is 1. The third kappa shape index (κ3) is 75.1. The van der Waals surface area contributed by atoms with Crippen LogP contribution in [-0.4, -0.2) is 74.9 Å². The molecule has 0 aliphatic carbocycles. The van der Waals surface area contributed by atoms with Crippen molar-refractivity contribution in [2.45, 2.75) is 412 Å². The number of ether oxygens (including phenoxy) is 2. The molecule has 2 atom stereocenters. The van der Waals surface area contributed by atoms with Crippen LogP contribution in [0.2, 0.25) is 0 Å². The Balaban J connectivity index is 3.90. The van der Waals surface area contributed by atoms with Crippen LogP contribution >= 0.6 is 7.82 Å². The van der Waals surface area contributed by atoms with Gasteiger partial charge in [-0.3, -0.25) is 18.6 Å². The molecule has 0 amide bonds. The largest absolute Gasteiger partial charge is 0.472 e. The molecule has 0 aromatic rings. The molecular weight excluding hydrogens is 1120 g/mol. The molecule has 0 rings (SSSR count). The predicted octanol–water partition coefficient (Wildman–Crippen LogP) is 25.8. The monoisotopic (exact) mass is 1280 g/mol. The molecule has 0 saturated carbocycles. The van der Waals surface area contributed by atoms with Crippen LogP contribution in [0.5, 0.6) is 0 Å². The number of carbonyl (C=O) groups excluding carboxylic acids is 2. The molecule has 0 heterocycles. The first-order chi connectivity index (χ1) is 43.5. The zero-order valence-electron chi connectivity index (χ0n) is 60.2. The first kappa shape index (κ1) is 87.2. The van der Waals surface area contributed by atoms with E-state index in [1.807, 2.05) is 21.1 Å². The summed E-state index contributed by atoms with van der Waals surface area (Å²) in [6, 6.07) is 0. The van der Waals surface area contributed by atoms with E-state index in [0.717, 1.165) is 44.9 Å². The van der Waals surface area contributed by atoms with Crippen molar-refractivity contribution in [3.63, 3.8) is 0 Å². The molecule has 0 aliphatic heterocycles. The maximum Gasteiger partial charge on any atom is 0.472 e. The summed E-state index contributed by atoms with van der Waals surface area (Å²) in [5.41, 5.74) is 0. The van der Waals surface area contributed by atoms with Gasteiger partial charge >= 0.3 is 19.8 Å². The van der Waals surface area contributed by atoms with E-state index >= 15 is 0 Å². The van der Waals surface area contributed by atoms with Gasteiger partial charge in [0.25, 0.3) is 0 Å². The van der Waals surface area contributed by atoms with Gasteiger partial charge in [-0.05, 0) is 51.4 Å². The highest BCUT2D eigenvalue weighted by Gasteiger charge is 2.27. The van der Waals surface area contributed by atoms with E-state index < -0.39 is 26.5 Å². The lowest BCUT2D eigenvalue weighted by Crippen LogP contribution is -2.37. The summed E-state index contributed by atoms with van der Waals surface area (Å²) in [7, 11) is 1.50. The van der Waals surface area contributed by atoms with Crippen molar-refractivity contribution in [1.29, 1.82) is 0 Å². The first-order valence-electron chi connectivity index (χ1n) is 39.2. The fraction of sp³-hybridized carbons (Fsp3) is 0.899. The van der Waals surface area contributed by atoms with Gasteiger partial charge < -0.3 is 18.9 Å². The minimum atomic E-state index is -4.39. The van der Waals surface area contributed by atoms with Crippen LogP contribution in [0, 0.1) is 0 Å². The number of likely N-dealkylation sites (N-methyl/N-ethyl adjacent to an activating group) is 1. The molecule has 9 nitrogen and oxygen atoms in total. The fourth-order valence-electron chi connectivity index (χ4n) is 11.9. The van der Waals surface area contributed by atoms with E-state index in [9.17, 15) is 19.0 Å². The minimum absolute atomic E-state index is 0.0334. The fourth-order valence-corrected chi connectivity index (χ4v) is 12.7. The van der Waals surface area contributed by atoms with E-state index in [-0.39, 0.29) is 25.6 Å². The topological polar surface area (TPSA) is 108 Å². The number of phosphoric ester groups is 1. The second-order valence-electron chi connectivity index (χ2n) is 28.1. The Labute approximate surface area is 554 Å². The van der Waals surface area contributed by atoms with E-state index in [2.05, 4.69) is 50.3 Å². The minimum Gasteiger partial charge on any atom is -0.462 e. The number of esters is 2. The number of rotatable bonds is 74. The van der Waals surface area contributed by atoms with Crippen LogP contribution in [0.15, 0.2) is 36.5 Å². The highest BCUT2D eigenvalue weighted by Crippen LogP contribution is 2.43. The highest BCUT2D eigenvalue weighted by atomic mass is 31.2. The zero-order valence-corrected chi connectivity index (χ0v) is 61.1. The number of unbranched alkanes of at least 4 members (excludes halogenated alkanes) is 54. The summed E-state index contributed by atoms with van der Waals surface area (Å²) in [6.07, 6.45) is 91.5. The van der Waals surface area contributed by atoms with E-state index in [4.69, 9.17) is 18.5 Å². The predicted molar refractivity (Wildman–Crippen MR) is 386 cm³/mol. The average molecular weight is 1280 g/mol. The molecular formula is C79H153NO8P+. The summed E-state index contributed by atoms with van der Waals surface area (Å²) in [6.45, 7) is 4.50. The summed E-state index contributed by atoms with van der Waals surface area (Å²) in [5, 5.41) is 0. The summed E-state index contributed by atoms with van der Waals surface area (Å²) >= 11 is 0. The van der Waals surface area contributed by atoms with Crippen molar-refractivity contribution in [1.82, 2.24) is 0 Å². The van der Waals surface area contributed by atoms with Gasteiger partial charge in [0, 0.05) is 12.8 Å². The van der Waals surface area contributed by atoms with Crippen LogP contribution in [0.3, 0.4) is 0 Å². The Kier molecular flexibility index (Phi) is 69.1. The highest BCUT2D eigenvalue weighted by molar-refractivity contribution is 7.47. The van der Waals surface area contributed by atoms with Crippen LogP contribution in [0.4, 0.5) is 0 Å². The normalized spacial score (nSPS) is 13.2. The third-order valence-electron chi connectivity index (χ3n) is 17.9. The molecule has 89 heavy (non-hydrogen) atoms. The molecule has 526 valence electrons. The van der Waals surface area contributed by atoms with E-state index in [0.29, 0.717) is 23.9 Å². The lowest BCUT2D eigenvalue weighted by molar-refractivity contribution is -0.870. The Morgan fingerprint density at radius 1 is 0.348 bits per heavy atom. The van der Waals surface area contributed by atoms with Gasteiger partial charge in [-0.15, -0.1) is 0 Å². The number of hydrogen-bond donors (Lipinski definition) is 1. The molecule has 2 unspecified atom stereocenters. The average Bonchev–Trinajstić information content (AvgIpc) is 3.60. The Hall–Kier alpha value is -1.77. The zero-order chi connectivity index (χ0) is 64.8. The van der Waals surface area contributed by atoms with Gasteiger partial charge in [0.05, 0.1) is 27.7 Å². The maximum atomic E-state index is 12.9. The van der Waals surface area contributed by atoms with Gasteiger partial charge in [-0.1, -0.05) is 378 Å². The molecule has 0 bridgehead atoms. The third-order valence-corrected chi connectivity index (χ3v) is 18.9. The summed E-state index contributed by atoms with van der Waals surface area (Å²) in [5.74, 6) is -0.778. The number of hydrogen-bond acceptors (Lipinski definition) is 7. The number of allylic oxidation sites excluding steroid dienone is 6. The standard InChI is InChI=1S/C79H152NO8P/c1-6-8-10-12-14-16-18-20-22-24-26-28-30-32-34-35-36-37-38-39-40-41-42-43-44-46-47-49-51-53-55-57-59-61-63-65-67-69-71-78(81)85-75-77(76-87-89(83,84)86-74-73-80(3,4)5)88-79(82)72-70-68-66-64-62-60-58-56-54-52-50-48-45-33-31-29-27-25-23-21-19-17-15-13-11-9-7-2/h19,21,25,27,31,33,77H,6-18,20,22-24,26,28-30,32,34-76H2,1-5H3/p+1/b21-19-,27-25-,33-31-. The van der Waals surface area contributed by atoms with Gasteiger partial charge in [0.2, 0.25) is 0 Å². The lowest BCUT2D eigenvalue weighted by atomic mass is 10.0. The molecule has 0 radical (unpaired) electrons. The van der Waals surface area contributed by atoms with Crippen molar-refractivity contribution in [2.24, 2.45) is 0 Å². The molecule has 1 N–H and O–H groups in total. The number of nitrogens with zero attached hydrogens (tertiary/aromatic N) is 1. The Bertz CT molecular complexity index is 1590. The van der Waals surface area contributed by atoms with Crippen molar-refractivity contribution in [2.75, 3.05) is 47.5 Å². The summed E-state index contributed by atoms with van der Waals surface area (Å²) in [4.78, 5) is 35.9. The summed E-state index contributed by atoms with van der Waals surface area (Å²) < 4.78 is 34.8. The van der Waals surface area contributed by atoms with Gasteiger partial charge in [-0.2, -0.15) is 0 Å². The SMILES string of the molecule is CCCCCCC/C=C\C/C=C\C/C=C\CCCCCCCCCCCCCCC(=O)OC(COC(=O)CCCCCCCCCCCCCCCCCCCCCCCCCCCCCCCCCCCCCCCC)COP(=O)(O)OCC[N+](C)(C)C. The number of carbonyl (C=O) groups is 2. The molecule has 0 aliphatic rings. The van der Waals surface area contributed by atoms with E-state index in [1.54, 1.807) is 0 Å². The van der Waals surface area contributed by atoms with Crippen LogP contribution < -0.4 is 0 Å².